The van der Waals surface area contributed by atoms with Crippen molar-refractivity contribution in [2.45, 2.75) is 69.9 Å². The molecule has 6 nitrogen and oxygen atoms in total. The van der Waals surface area contributed by atoms with Gasteiger partial charge in [0.1, 0.15) is 24.0 Å². The molecule has 1 aliphatic heterocycles. The van der Waals surface area contributed by atoms with Gasteiger partial charge in [-0.15, -0.1) is 0 Å². The number of carbonyl (C=O) groups is 1. The maximum absolute atomic E-state index is 14.4. The lowest BCUT2D eigenvalue weighted by atomic mass is 9.78. The van der Waals surface area contributed by atoms with Crippen molar-refractivity contribution >= 4 is 5.91 Å². The number of aryl methyl sites for hydroxylation is 1. The lowest BCUT2D eigenvalue weighted by molar-refractivity contribution is -0.122. The number of fused-ring (bicyclic) bond motifs is 1. The van der Waals surface area contributed by atoms with Crippen LogP contribution in [0.25, 0.3) is 0 Å². The monoisotopic (exact) mass is 404 g/mol. The first-order valence-electron chi connectivity index (χ1n) is 10.4. The summed E-state index contributed by atoms with van der Waals surface area (Å²) < 4.78 is 31.7. The van der Waals surface area contributed by atoms with Crippen LogP contribution in [-0.2, 0) is 29.7 Å². The fourth-order valence-corrected chi connectivity index (χ4v) is 4.76. The number of rotatable bonds is 5. The average molecular weight is 404 g/mol. The fraction of sp³-hybridized carbons (Fsp3) is 0.571. The zero-order chi connectivity index (χ0) is 20.4. The Morgan fingerprint density at radius 3 is 2.55 bits per heavy atom. The summed E-state index contributed by atoms with van der Waals surface area (Å²) in [7, 11) is 0. The number of amides is 1. The molecule has 0 radical (unpaired) electrons. The number of benzene rings is 1. The molecule has 0 atom stereocenters. The van der Waals surface area contributed by atoms with Crippen LogP contribution < -0.4 is 11.0 Å². The fourth-order valence-electron chi connectivity index (χ4n) is 4.76. The van der Waals surface area contributed by atoms with Crippen LogP contribution in [0.1, 0.15) is 56.3 Å². The molecule has 1 aromatic carbocycles. The van der Waals surface area contributed by atoms with Crippen LogP contribution in [0.15, 0.2) is 23.0 Å². The second kappa shape index (κ2) is 8.08. The van der Waals surface area contributed by atoms with Crippen LogP contribution in [0, 0.1) is 11.6 Å². The van der Waals surface area contributed by atoms with Crippen molar-refractivity contribution in [1.29, 1.82) is 0 Å². The van der Waals surface area contributed by atoms with Gasteiger partial charge in [-0.05, 0) is 37.8 Å². The molecule has 1 fully saturated rings. The summed E-state index contributed by atoms with van der Waals surface area (Å²) >= 11 is 0. The van der Waals surface area contributed by atoms with Gasteiger partial charge in [-0.1, -0.05) is 25.3 Å². The van der Waals surface area contributed by atoms with Gasteiger partial charge >= 0.3 is 5.69 Å². The molecule has 0 unspecified atom stereocenters. The molecule has 1 aliphatic carbocycles. The first-order valence-corrected chi connectivity index (χ1v) is 10.4. The van der Waals surface area contributed by atoms with E-state index < -0.39 is 17.0 Å². The normalized spacial score (nSPS) is 18.3. The van der Waals surface area contributed by atoms with Crippen molar-refractivity contribution in [1.82, 2.24) is 19.7 Å². The predicted octanol–water partition coefficient (Wildman–Crippen LogP) is 2.68. The van der Waals surface area contributed by atoms with Crippen LogP contribution in [0.4, 0.5) is 8.78 Å². The zero-order valence-electron chi connectivity index (χ0n) is 16.4. The van der Waals surface area contributed by atoms with E-state index in [-0.39, 0.29) is 30.2 Å². The van der Waals surface area contributed by atoms with Crippen molar-refractivity contribution in [3.8, 4) is 0 Å². The van der Waals surface area contributed by atoms with Gasteiger partial charge in [-0.25, -0.2) is 18.3 Å². The SMILES string of the molecule is O=C(Cn1nc2n(c1=O)CCCCC2)NCC1(c2c(F)cccc2F)CCCC1. The molecule has 2 heterocycles. The zero-order valence-corrected chi connectivity index (χ0v) is 16.4. The summed E-state index contributed by atoms with van der Waals surface area (Å²) in [5.74, 6) is -0.796. The van der Waals surface area contributed by atoms with Gasteiger partial charge in [0, 0.05) is 30.5 Å². The van der Waals surface area contributed by atoms with Crippen molar-refractivity contribution < 1.29 is 13.6 Å². The van der Waals surface area contributed by atoms with Gasteiger partial charge in [-0.3, -0.25) is 9.36 Å². The Bertz CT molecular complexity index is 940. The van der Waals surface area contributed by atoms with Crippen LogP contribution >= 0.6 is 0 Å². The smallest absolute Gasteiger partial charge is 0.346 e. The Morgan fingerprint density at radius 1 is 1.10 bits per heavy atom. The number of carbonyl (C=O) groups excluding carboxylic acids is 1. The van der Waals surface area contributed by atoms with Crippen molar-refractivity contribution in [3.05, 3.63) is 51.7 Å². The molecular formula is C21H26F2N4O2. The first-order chi connectivity index (χ1) is 14.0. The van der Waals surface area contributed by atoms with Crippen LogP contribution in [0.3, 0.4) is 0 Å². The molecule has 4 rings (SSSR count). The van der Waals surface area contributed by atoms with Gasteiger partial charge in [0.15, 0.2) is 0 Å². The number of nitrogens with zero attached hydrogens (tertiary/aromatic N) is 3. The van der Waals surface area contributed by atoms with E-state index in [1.807, 2.05) is 0 Å². The Labute approximate surface area is 167 Å². The Kier molecular flexibility index (Phi) is 5.52. The topological polar surface area (TPSA) is 68.9 Å². The average Bonchev–Trinajstić information content (AvgIpc) is 3.18. The standard InChI is InChI=1S/C21H26F2N4O2/c22-15-7-6-8-16(23)19(15)21(10-3-4-11-21)14-24-18(28)13-27-20(29)26-12-5-1-2-9-17(26)25-27/h6-8H,1-5,9-14H2,(H,24,28). The van der Waals surface area contributed by atoms with Crippen molar-refractivity contribution in [3.63, 3.8) is 0 Å². The number of halogens is 2. The first kappa shape index (κ1) is 19.8. The molecule has 156 valence electrons. The van der Waals surface area contributed by atoms with Crippen LogP contribution in [-0.4, -0.2) is 26.8 Å². The third-order valence-corrected chi connectivity index (χ3v) is 6.25. The quantitative estimate of drug-likeness (QED) is 0.833. The highest BCUT2D eigenvalue weighted by Gasteiger charge is 2.40. The minimum atomic E-state index is -0.749. The van der Waals surface area contributed by atoms with Crippen LogP contribution in [0.2, 0.25) is 0 Å². The maximum Gasteiger partial charge on any atom is 0.346 e. The highest BCUT2D eigenvalue weighted by atomic mass is 19.1. The highest BCUT2D eigenvalue weighted by Crippen LogP contribution is 2.42. The Hall–Kier alpha value is -2.51. The highest BCUT2D eigenvalue weighted by molar-refractivity contribution is 5.75. The molecule has 1 saturated carbocycles. The summed E-state index contributed by atoms with van der Waals surface area (Å²) in [5.41, 5.74) is -0.960. The molecule has 2 aliphatic rings. The van der Waals surface area contributed by atoms with E-state index in [0.29, 0.717) is 19.4 Å². The minimum absolute atomic E-state index is 0.0590. The van der Waals surface area contributed by atoms with Crippen molar-refractivity contribution in [2.24, 2.45) is 0 Å². The minimum Gasteiger partial charge on any atom is -0.354 e. The van der Waals surface area contributed by atoms with Gasteiger partial charge in [-0.2, -0.15) is 5.10 Å². The molecule has 0 saturated heterocycles. The third-order valence-electron chi connectivity index (χ3n) is 6.25. The molecule has 0 bridgehead atoms. The summed E-state index contributed by atoms with van der Waals surface area (Å²) in [6.07, 6.45) is 6.67. The van der Waals surface area contributed by atoms with E-state index in [2.05, 4.69) is 10.4 Å². The molecule has 8 heteroatoms. The Morgan fingerprint density at radius 2 is 1.83 bits per heavy atom. The summed E-state index contributed by atoms with van der Waals surface area (Å²) in [6, 6.07) is 3.88. The molecule has 0 spiro atoms. The number of hydrogen-bond donors (Lipinski definition) is 1. The largest absolute Gasteiger partial charge is 0.354 e. The molecule has 1 N–H and O–H groups in total. The lowest BCUT2D eigenvalue weighted by Gasteiger charge is -2.30. The summed E-state index contributed by atoms with van der Waals surface area (Å²) in [6.45, 7) is 0.589. The number of hydrogen-bond acceptors (Lipinski definition) is 3. The van der Waals surface area contributed by atoms with E-state index in [4.69, 9.17) is 0 Å². The van der Waals surface area contributed by atoms with Gasteiger partial charge in [0.05, 0.1) is 0 Å². The van der Waals surface area contributed by atoms with E-state index in [9.17, 15) is 18.4 Å². The van der Waals surface area contributed by atoms with Gasteiger partial charge in [0.25, 0.3) is 0 Å². The molecule has 29 heavy (non-hydrogen) atoms. The van der Waals surface area contributed by atoms with Gasteiger partial charge < -0.3 is 5.32 Å². The predicted molar refractivity (Wildman–Crippen MR) is 104 cm³/mol. The number of aromatic nitrogens is 3. The Balaban J connectivity index is 1.48. The summed E-state index contributed by atoms with van der Waals surface area (Å²) in [4.78, 5) is 25.1. The van der Waals surface area contributed by atoms with E-state index in [1.165, 1.54) is 22.9 Å². The maximum atomic E-state index is 14.4. The van der Waals surface area contributed by atoms with E-state index in [1.54, 1.807) is 4.57 Å². The van der Waals surface area contributed by atoms with Crippen molar-refractivity contribution in [2.75, 3.05) is 6.54 Å². The second-order valence-electron chi connectivity index (χ2n) is 8.18. The second-order valence-corrected chi connectivity index (χ2v) is 8.18. The van der Waals surface area contributed by atoms with E-state index >= 15 is 0 Å². The third kappa shape index (κ3) is 3.84. The van der Waals surface area contributed by atoms with Crippen LogP contribution in [0.5, 0.6) is 0 Å². The van der Waals surface area contributed by atoms with Gasteiger partial charge in [0.2, 0.25) is 5.91 Å². The molecular weight excluding hydrogens is 378 g/mol. The molecule has 2 aromatic rings. The molecule has 1 amide bonds. The lowest BCUT2D eigenvalue weighted by Crippen LogP contribution is -2.42. The number of nitrogens with one attached hydrogen (secondary N) is 1. The summed E-state index contributed by atoms with van der Waals surface area (Å²) in [5, 5.41) is 7.13. The molecule has 1 aromatic heterocycles. The van der Waals surface area contributed by atoms with E-state index in [0.717, 1.165) is 44.3 Å².